The largest absolute Gasteiger partial charge is 0.404 e. The molecule has 1 aliphatic heterocycles. The minimum absolute atomic E-state index is 0.0155. The highest BCUT2D eigenvalue weighted by Crippen LogP contribution is 2.14. The number of hydrogen-bond donors (Lipinski definition) is 2. The number of benzene rings is 1. The summed E-state index contributed by atoms with van der Waals surface area (Å²) in [6.07, 6.45) is 7.80. The number of nitrogens with one attached hydrogen (secondary N) is 1. The van der Waals surface area contributed by atoms with E-state index in [1.54, 1.807) is 6.08 Å². The van der Waals surface area contributed by atoms with Crippen molar-refractivity contribution in [1.82, 2.24) is 4.90 Å². The third-order valence-electron chi connectivity index (χ3n) is 3.72. The van der Waals surface area contributed by atoms with Crippen LogP contribution < -0.4 is 5.73 Å². The molecule has 0 bridgehead atoms. The van der Waals surface area contributed by atoms with Gasteiger partial charge >= 0.3 is 0 Å². The highest BCUT2D eigenvalue weighted by Gasteiger charge is 2.23. The Balaban J connectivity index is 2.08. The molecule has 1 unspecified atom stereocenters. The molecule has 1 saturated heterocycles. The SMILES string of the molecule is Cc1ccc(/C=C/C(=O)N(CC2CCCO2)C(=N)/C=C\N)cc1. The van der Waals surface area contributed by atoms with E-state index >= 15 is 0 Å². The second-order valence-corrected chi connectivity index (χ2v) is 5.57. The maximum Gasteiger partial charge on any atom is 0.252 e. The fourth-order valence-electron chi connectivity index (χ4n) is 2.42. The van der Waals surface area contributed by atoms with E-state index in [-0.39, 0.29) is 17.8 Å². The van der Waals surface area contributed by atoms with Gasteiger partial charge in [-0.2, -0.15) is 0 Å². The smallest absolute Gasteiger partial charge is 0.252 e. The Labute approximate surface area is 136 Å². The fourth-order valence-corrected chi connectivity index (χ4v) is 2.42. The van der Waals surface area contributed by atoms with E-state index in [2.05, 4.69) is 0 Å². The molecule has 1 aromatic rings. The Morgan fingerprint density at radius 3 is 2.74 bits per heavy atom. The van der Waals surface area contributed by atoms with E-state index in [1.807, 2.05) is 31.2 Å². The van der Waals surface area contributed by atoms with Crippen molar-refractivity contribution in [3.8, 4) is 0 Å². The van der Waals surface area contributed by atoms with Crippen LogP contribution in [0.25, 0.3) is 6.08 Å². The first-order chi connectivity index (χ1) is 11.1. The van der Waals surface area contributed by atoms with Gasteiger partial charge in [0.15, 0.2) is 0 Å². The van der Waals surface area contributed by atoms with E-state index in [0.29, 0.717) is 13.2 Å². The average Bonchev–Trinajstić information content (AvgIpc) is 3.05. The third-order valence-corrected chi connectivity index (χ3v) is 3.72. The number of nitrogens with two attached hydrogens (primary N) is 1. The highest BCUT2D eigenvalue weighted by molar-refractivity contribution is 6.07. The molecule has 1 aromatic carbocycles. The Bertz CT molecular complexity index is 599. The summed E-state index contributed by atoms with van der Waals surface area (Å²) in [6, 6.07) is 7.89. The van der Waals surface area contributed by atoms with Crippen molar-refractivity contribution < 1.29 is 9.53 Å². The molecule has 0 aromatic heterocycles. The number of amides is 1. The minimum Gasteiger partial charge on any atom is -0.404 e. The van der Waals surface area contributed by atoms with Crippen LogP contribution >= 0.6 is 0 Å². The monoisotopic (exact) mass is 313 g/mol. The van der Waals surface area contributed by atoms with E-state index in [1.165, 1.54) is 28.8 Å². The van der Waals surface area contributed by atoms with Crippen molar-refractivity contribution in [2.45, 2.75) is 25.9 Å². The lowest BCUT2D eigenvalue weighted by Crippen LogP contribution is -2.40. The highest BCUT2D eigenvalue weighted by atomic mass is 16.5. The van der Waals surface area contributed by atoms with E-state index in [4.69, 9.17) is 15.9 Å². The molecule has 23 heavy (non-hydrogen) atoms. The average molecular weight is 313 g/mol. The number of nitrogens with zero attached hydrogens (tertiary/aromatic N) is 1. The number of hydrogen-bond acceptors (Lipinski definition) is 4. The molecule has 122 valence electrons. The van der Waals surface area contributed by atoms with Crippen LogP contribution in [0.5, 0.6) is 0 Å². The van der Waals surface area contributed by atoms with Crippen LogP contribution in [-0.2, 0) is 9.53 Å². The van der Waals surface area contributed by atoms with Crippen molar-refractivity contribution in [3.63, 3.8) is 0 Å². The Hall–Kier alpha value is -2.40. The molecule has 1 amide bonds. The summed E-state index contributed by atoms with van der Waals surface area (Å²) in [6.45, 7) is 3.11. The Kier molecular flexibility index (Phi) is 6.11. The predicted molar refractivity (Wildman–Crippen MR) is 92.0 cm³/mol. The molecular weight excluding hydrogens is 290 g/mol. The van der Waals surface area contributed by atoms with Crippen LogP contribution in [0.4, 0.5) is 0 Å². The Morgan fingerprint density at radius 2 is 2.13 bits per heavy atom. The van der Waals surface area contributed by atoms with Gasteiger partial charge in [0.2, 0.25) is 0 Å². The van der Waals surface area contributed by atoms with Gasteiger partial charge in [-0.1, -0.05) is 29.8 Å². The first-order valence-corrected chi connectivity index (χ1v) is 7.75. The topological polar surface area (TPSA) is 79.4 Å². The van der Waals surface area contributed by atoms with Gasteiger partial charge in [0.05, 0.1) is 12.6 Å². The second kappa shape index (κ2) is 8.29. The van der Waals surface area contributed by atoms with Crippen molar-refractivity contribution in [3.05, 3.63) is 53.7 Å². The summed E-state index contributed by atoms with van der Waals surface area (Å²) in [4.78, 5) is 13.8. The Morgan fingerprint density at radius 1 is 1.39 bits per heavy atom. The summed E-state index contributed by atoms with van der Waals surface area (Å²) >= 11 is 0. The predicted octanol–water partition coefficient (Wildman–Crippen LogP) is 2.47. The van der Waals surface area contributed by atoms with Gasteiger partial charge in [-0.25, -0.2) is 0 Å². The van der Waals surface area contributed by atoms with Gasteiger partial charge in [0, 0.05) is 12.7 Å². The molecule has 0 aliphatic carbocycles. The number of ether oxygens (including phenoxy) is 1. The molecule has 2 rings (SSSR count). The van der Waals surface area contributed by atoms with Crippen molar-refractivity contribution in [2.75, 3.05) is 13.2 Å². The third kappa shape index (κ3) is 5.07. The number of carbonyl (C=O) groups excluding carboxylic acids is 1. The minimum atomic E-state index is -0.246. The fraction of sp³-hybridized carbons (Fsp3) is 0.333. The number of carbonyl (C=O) groups is 1. The van der Waals surface area contributed by atoms with E-state index in [9.17, 15) is 4.79 Å². The number of aryl methyl sites for hydroxylation is 1. The summed E-state index contributed by atoms with van der Waals surface area (Å²) in [5.74, 6) is -0.175. The molecule has 0 saturated carbocycles. The van der Waals surface area contributed by atoms with Gasteiger partial charge in [0.1, 0.15) is 5.84 Å². The van der Waals surface area contributed by atoms with Gasteiger partial charge in [-0.05, 0) is 43.7 Å². The van der Waals surface area contributed by atoms with Crippen molar-refractivity contribution >= 4 is 17.8 Å². The molecule has 5 nitrogen and oxygen atoms in total. The molecule has 5 heteroatoms. The zero-order valence-corrected chi connectivity index (χ0v) is 13.4. The van der Waals surface area contributed by atoms with Gasteiger partial charge in [0.25, 0.3) is 5.91 Å². The molecule has 1 atom stereocenters. The number of rotatable bonds is 5. The molecule has 0 spiro atoms. The lowest BCUT2D eigenvalue weighted by Gasteiger charge is -2.23. The first-order valence-electron chi connectivity index (χ1n) is 7.75. The lowest BCUT2D eigenvalue weighted by molar-refractivity contribution is -0.123. The van der Waals surface area contributed by atoms with Crippen LogP contribution in [0.15, 0.2) is 42.6 Å². The standard InChI is InChI=1S/C18H23N3O2/c1-14-4-6-15(7-5-14)8-9-18(22)21(17(20)10-11-19)13-16-3-2-12-23-16/h4-11,16,20H,2-3,12-13,19H2,1H3/b9-8+,11-10-,20-17?. The summed E-state index contributed by atoms with van der Waals surface area (Å²) in [7, 11) is 0. The van der Waals surface area contributed by atoms with E-state index < -0.39 is 0 Å². The molecular formula is C18H23N3O2. The van der Waals surface area contributed by atoms with Gasteiger partial charge < -0.3 is 10.5 Å². The zero-order valence-electron chi connectivity index (χ0n) is 13.4. The second-order valence-electron chi connectivity index (χ2n) is 5.57. The summed E-state index contributed by atoms with van der Waals surface area (Å²) < 4.78 is 5.57. The molecule has 1 fully saturated rings. The quantitative estimate of drug-likeness (QED) is 0.498. The van der Waals surface area contributed by atoms with Crippen LogP contribution in [0.3, 0.4) is 0 Å². The summed E-state index contributed by atoms with van der Waals surface area (Å²) in [5.41, 5.74) is 7.46. The van der Waals surface area contributed by atoms with Crippen molar-refractivity contribution in [1.29, 1.82) is 5.41 Å². The molecule has 0 radical (unpaired) electrons. The molecule has 3 N–H and O–H groups in total. The first kappa shape index (κ1) is 17.0. The zero-order chi connectivity index (χ0) is 16.7. The van der Waals surface area contributed by atoms with Gasteiger partial charge in [-0.3, -0.25) is 15.1 Å². The van der Waals surface area contributed by atoms with Crippen LogP contribution in [0.2, 0.25) is 0 Å². The van der Waals surface area contributed by atoms with Crippen LogP contribution in [0, 0.1) is 12.3 Å². The van der Waals surface area contributed by atoms with E-state index in [0.717, 1.165) is 18.4 Å². The van der Waals surface area contributed by atoms with Gasteiger partial charge in [-0.15, -0.1) is 0 Å². The van der Waals surface area contributed by atoms with Crippen LogP contribution in [0.1, 0.15) is 24.0 Å². The maximum absolute atomic E-state index is 12.5. The maximum atomic E-state index is 12.5. The van der Waals surface area contributed by atoms with Crippen molar-refractivity contribution in [2.24, 2.45) is 5.73 Å². The summed E-state index contributed by atoms with van der Waals surface area (Å²) in [5, 5.41) is 8.00. The lowest BCUT2D eigenvalue weighted by atomic mass is 10.1. The molecule has 1 heterocycles. The molecule has 1 aliphatic rings. The number of amidine groups is 1. The normalized spacial score (nSPS) is 17.9. The van der Waals surface area contributed by atoms with Crippen LogP contribution in [-0.4, -0.2) is 35.9 Å².